The number of β-lactam (4-membered cyclic amide) rings is 1. The molecule has 3 unspecified atom stereocenters. The molecular formula is C18H12BrClFNO3S. The lowest BCUT2D eigenvalue weighted by atomic mass is 9.73. The highest BCUT2D eigenvalue weighted by atomic mass is 79.9. The largest absolute Gasteiger partial charge is 0.480 e. The molecule has 26 heavy (non-hydrogen) atoms. The highest BCUT2D eigenvalue weighted by Gasteiger charge is 2.63. The van der Waals surface area contributed by atoms with Gasteiger partial charge in [-0.3, -0.25) is 14.5 Å². The summed E-state index contributed by atoms with van der Waals surface area (Å²) in [5.41, 5.74) is 0.218. The van der Waals surface area contributed by atoms with Gasteiger partial charge < -0.3 is 5.11 Å². The molecule has 0 aromatic heterocycles. The summed E-state index contributed by atoms with van der Waals surface area (Å²) in [6, 6.07) is 11.1. The summed E-state index contributed by atoms with van der Waals surface area (Å²) in [5, 5.41) is 7.99. The number of anilines is 1. The molecule has 8 heteroatoms. The highest BCUT2D eigenvalue weighted by Crippen LogP contribution is 2.57. The van der Waals surface area contributed by atoms with E-state index in [2.05, 4.69) is 15.9 Å². The average molecular weight is 457 g/mol. The molecule has 4 nitrogen and oxygen atoms in total. The molecule has 1 amide bonds. The van der Waals surface area contributed by atoms with Crippen LogP contribution in [0.2, 0.25) is 0 Å². The van der Waals surface area contributed by atoms with Crippen molar-refractivity contribution in [2.75, 3.05) is 4.90 Å². The first-order chi connectivity index (χ1) is 12.3. The van der Waals surface area contributed by atoms with Gasteiger partial charge in [-0.1, -0.05) is 28.1 Å². The third-order valence-corrected chi connectivity index (χ3v) is 7.08. The maximum atomic E-state index is 13.4. The number of thioether (sulfide) groups is 1. The summed E-state index contributed by atoms with van der Waals surface area (Å²) in [5.74, 6) is -1.67. The van der Waals surface area contributed by atoms with Crippen molar-refractivity contribution < 1.29 is 19.1 Å². The Morgan fingerprint density at radius 1 is 1.31 bits per heavy atom. The molecule has 4 rings (SSSR count). The second-order valence-corrected chi connectivity index (χ2v) is 8.82. The molecule has 0 aliphatic carbocycles. The van der Waals surface area contributed by atoms with Crippen molar-refractivity contribution in [3.8, 4) is 0 Å². The molecule has 2 heterocycles. The summed E-state index contributed by atoms with van der Waals surface area (Å²) in [6.07, 6.45) is 0.130. The summed E-state index contributed by atoms with van der Waals surface area (Å²) in [4.78, 5) is 26.8. The number of benzene rings is 2. The van der Waals surface area contributed by atoms with Crippen molar-refractivity contribution in [3.63, 3.8) is 0 Å². The predicted octanol–water partition coefficient (Wildman–Crippen LogP) is 4.39. The van der Waals surface area contributed by atoms with Crippen LogP contribution in [0.3, 0.4) is 0 Å². The second kappa shape index (κ2) is 6.25. The Hall–Kier alpha value is -1.57. The fraction of sp³-hybridized carbons (Fsp3) is 0.222. The molecular weight excluding hydrogens is 445 g/mol. The number of carbonyl (C=O) groups excluding carboxylic acids is 1. The smallest absolute Gasteiger partial charge is 0.317 e. The minimum atomic E-state index is -1.03. The average Bonchev–Trinajstić information content (AvgIpc) is 2.75. The van der Waals surface area contributed by atoms with E-state index in [0.29, 0.717) is 16.1 Å². The van der Waals surface area contributed by atoms with Crippen molar-refractivity contribution in [1.82, 2.24) is 0 Å². The molecule has 2 aliphatic rings. The van der Waals surface area contributed by atoms with Crippen molar-refractivity contribution in [2.24, 2.45) is 0 Å². The Kier molecular flexibility index (Phi) is 4.28. The van der Waals surface area contributed by atoms with Crippen LogP contribution >= 0.6 is 39.3 Å². The molecule has 0 saturated carbocycles. The molecule has 2 aromatic carbocycles. The Balaban J connectivity index is 1.95. The molecule has 0 spiro atoms. The lowest BCUT2D eigenvalue weighted by Crippen LogP contribution is -2.71. The van der Waals surface area contributed by atoms with E-state index in [1.54, 1.807) is 35.2 Å². The zero-order chi connectivity index (χ0) is 18.6. The molecule has 134 valence electrons. The van der Waals surface area contributed by atoms with Crippen LogP contribution in [-0.4, -0.2) is 27.6 Å². The minimum Gasteiger partial charge on any atom is -0.480 e. The number of nitrogens with zero attached hydrogens (tertiary/aromatic N) is 1. The number of hydrogen-bond donors (Lipinski definition) is 1. The van der Waals surface area contributed by atoms with Crippen molar-refractivity contribution >= 4 is 56.9 Å². The van der Waals surface area contributed by atoms with Gasteiger partial charge in [0.15, 0.2) is 0 Å². The number of carbonyl (C=O) groups is 2. The molecule has 0 bridgehead atoms. The van der Waals surface area contributed by atoms with Crippen molar-refractivity contribution in [1.29, 1.82) is 0 Å². The SMILES string of the molecule is O=C(O)C1CC2(c3ccc(F)cc3)C(Cl)C(=O)N2c2ccc(Br)cc2S1. The van der Waals surface area contributed by atoms with Crippen molar-refractivity contribution in [3.05, 3.63) is 58.3 Å². The summed E-state index contributed by atoms with van der Waals surface area (Å²) in [7, 11) is 0. The zero-order valence-corrected chi connectivity index (χ0v) is 16.3. The quantitative estimate of drug-likeness (QED) is 0.538. The van der Waals surface area contributed by atoms with Crippen LogP contribution in [0.25, 0.3) is 0 Å². The van der Waals surface area contributed by atoms with E-state index >= 15 is 0 Å². The number of carboxylic acid groups (broad SMARTS) is 1. The van der Waals surface area contributed by atoms with E-state index < -0.39 is 28.0 Å². The number of amides is 1. The normalized spacial score (nSPS) is 27.2. The van der Waals surface area contributed by atoms with Gasteiger partial charge >= 0.3 is 5.97 Å². The summed E-state index contributed by atoms with van der Waals surface area (Å²) in [6.45, 7) is 0. The van der Waals surface area contributed by atoms with Gasteiger partial charge in [-0.25, -0.2) is 4.39 Å². The number of alkyl halides is 1. The van der Waals surface area contributed by atoms with Crippen LogP contribution in [0.15, 0.2) is 51.8 Å². The fourth-order valence-electron chi connectivity index (χ4n) is 3.60. The lowest BCUT2D eigenvalue weighted by molar-refractivity contribution is -0.138. The van der Waals surface area contributed by atoms with E-state index in [4.69, 9.17) is 11.6 Å². The molecule has 2 aliphatic heterocycles. The lowest BCUT2D eigenvalue weighted by Gasteiger charge is -2.55. The van der Waals surface area contributed by atoms with Gasteiger partial charge in [-0.15, -0.1) is 23.4 Å². The first kappa shape index (κ1) is 17.8. The zero-order valence-electron chi connectivity index (χ0n) is 13.2. The van der Waals surface area contributed by atoms with Gasteiger partial charge in [-0.05, 0) is 35.9 Å². The molecule has 0 radical (unpaired) electrons. The highest BCUT2D eigenvalue weighted by molar-refractivity contribution is 9.10. The second-order valence-electron chi connectivity index (χ2n) is 6.23. The molecule has 3 atom stereocenters. The summed E-state index contributed by atoms with van der Waals surface area (Å²) >= 11 is 11.0. The van der Waals surface area contributed by atoms with Gasteiger partial charge in [0, 0.05) is 15.8 Å². The topological polar surface area (TPSA) is 57.6 Å². The number of fused-ring (bicyclic) bond motifs is 3. The Morgan fingerprint density at radius 3 is 2.65 bits per heavy atom. The van der Waals surface area contributed by atoms with Crippen LogP contribution in [0.4, 0.5) is 10.1 Å². The third-order valence-electron chi connectivity index (χ3n) is 4.80. The number of rotatable bonds is 2. The monoisotopic (exact) mass is 455 g/mol. The first-order valence-corrected chi connectivity index (χ1v) is 9.88. The van der Waals surface area contributed by atoms with E-state index in [1.807, 2.05) is 0 Å². The summed E-state index contributed by atoms with van der Waals surface area (Å²) < 4.78 is 14.2. The van der Waals surface area contributed by atoms with Gasteiger partial charge in [0.25, 0.3) is 0 Å². The third kappa shape index (κ3) is 2.48. The first-order valence-electron chi connectivity index (χ1n) is 7.78. The van der Waals surface area contributed by atoms with Crippen LogP contribution < -0.4 is 4.90 Å². The van der Waals surface area contributed by atoms with Crippen LogP contribution in [-0.2, 0) is 15.1 Å². The predicted molar refractivity (Wildman–Crippen MR) is 101 cm³/mol. The van der Waals surface area contributed by atoms with Gasteiger partial charge in [-0.2, -0.15) is 0 Å². The van der Waals surface area contributed by atoms with Gasteiger partial charge in [0.1, 0.15) is 16.4 Å². The van der Waals surface area contributed by atoms with Crippen LogP contribution in [0, 0.1) is 5.82 Å². The number of halogens is 3. The van der Waals surface area contributed by atoms with Crippen LogP contribution in [0.1, 0.15) is 12.0 Å². The van der Waals surface area contributed by atoms with Gasteiger partial charge in [0.05, 0.1) is 11.2 Å². The molecule has 1 N–H and O–H groups in total. The molecule has 1 saturated heterocycles. The van der Waals surface area contributed by atoms with Gasteiger partial charge in [0.2, 0.25) is 5.91 Å². The maximum absolute atomic E-state index is 13.4. The Bertz CT molecular complexity index is 925. The standard InChI is InChI=1S/C18H12BrClFNO3S/c19-10-3-6-12-13(7-10)26-14(17(24)25)8-18(15(20)16(23)22(12)18)9-1-4-11(21)5-2-9/h1-7,14-15H,8H2,(H,24,25). The number of carboxylic acids is 1. The van der Waals surface area contributed by atoms with E-state index in [1.165, 1.54) is 23.9 Å². The minimum absolute atomic E-state index is 0.130. The Labute approximate surface area is 166 Å². The number of aliphatic carboxylic acids is 1. The van der Waals surface area contributed by atoms with E-state index in [-0.39, 0.29) is 12.3 Å². The maximum Gasteiger partial charge on any atom is 0.317 e. The fourth-order valence-corrected chi connectivity index (χ4v) is 5.75. The Morgan fingerprint density at radius 2 is 2.00 bits per heavy atom. The molecule has 2 aromatic rings. The van der Waals surface area contributed by atoms with Crippen LogP contribution in [0.5, 0.6) is 0 Å². The molecule has 1 fully saturated rings. The van der Waals surface area contributed by atoms with E-state index in [9.17, 15) is 19.1 Å². The van der Waals surface area contributed by atoms with Crippen molar-refractivity contribution in [2.45, 2.75) is 27.5 Å². The number of hydrogen-bond acceptors (Lipinski definition) is 3. The van der Waals surface area contributed by atoms with E-state index in [0.717, 1.165) is 4.47 Å².